The van der Waals surface area contributed by atoms with Crippen molar-refractivity contribution < 1.29 is 9.59 Å². The number of carbonyl (C=O) groups is 2. The molecule has 0 spiro atoms. The second-order valence-electron chi connectivity index (χ2n) is 4.41. The minimum Gasteiger partial charge on any atom is -0.359 e. The molecule has 110 valence electrons. The summed E-state index contributed by atoms with van der Waals surface area (Å²) in [6.45, 7) is 0.644. The third-order valence-electron chi connectivity index (χ3n) is 2.83. The summed E-state index contributed by atoms with van der Waals surface area (Å²) in [5.74, 6) is 1.19. The van der Waals surface area contributed by atoms with Crippen LogP contribution < -0.4 is 10.6 Å². The van der Waals surface area contributed by atoms with Gasteiger partial charge in [0.2, 0.25) is 12.3 Å². The van der Waals surface area contributed by atoms with E-state index in [-0.39, 0.29) is 5.91 Å². The number of benzene rings is 1. The first kappa shape index (κ1) is 15.3. The summed E-state index contributed by atoms with van der Waals surface area (Å²) in [7, 11) is 0. The van der Waals surface area contributed by atoms with Crippen LogP contribution in [0, 0.1) is 0 Å². The minimum absolute atomic E-state index is 0.0403. The molecule has 0 saturated heterocycles. The standard InChI is InChI=1S/C15H17N3O2S/c19-11-16-7-3-9-21-10-14(20)18-13-6-1-4-12-5-2-8-17-15(12)13/h1-2,4-6,8,11H,3,7,9-10H2,(H,16,19)(H,18,20). The van der Waals surface area contributed by atoms with Crippen LogP contribution in [0.25, 0.3) is 10.9 Å². The fraction of sp³-hybridized carbons (Fsp3) is 0.267. The van der Waals surface area contributed by atoms with E-state index in [2.05, 4.69) is 15.6 Å². The highest BCUT2D eigenvalue weighted by molar-refractivity contribution is 7.99. The zero-order valence-electron chi connectivity index (χ0n) is 11.5. The second-order valence-corrected chi connectivity index (χ2v) is 5.51. The van der Waals surface area contributed by atoms with Gasteiger partial charge in [0.05, 0.1) is 17.0 Å². The maximum absolute atomic E-state index is 11.9. The summed E-state index contributed by atoms with van der Waals surface area (Å²) in [5, 5.41) is 6.49. The zero-order valence-corrected chi connectivity index (χ0v) is 12.4. The number of amides is 2. The molecule has 5 nitrogen and oxygen atoms in total. The third kappa shape index (κ3) is 4.75. The maximum Gasteiger partial charge on any atom is 0.234 e. The molecule has 2 rings (SSSR count). The molecule has 6 heteroatoms. The van der Waals surface area contributed by atoms with E-state index in [9.17, 15) is 9.59 Å². The maximum atomic E-state index is 11.9. The first-order valence-corrected chi connectivity index (χ1v) is 7.85. The summed E-state index contributed by atoms with van der Waals surface area (Å²) in [6, 6.07) is 9.56. The molecular formula is C15H17N3O2S. The van der Waals surface area contributed by atoms with Crippen LogP contribution in [0.1, 0.15) is 6.42 Å². The lowest BCUT2D eigenvalue weighted by atomic mass is 10.2. The topological polar surface area (TPSA) is 71.1 Å². The van der Waals surface area contributed by atoms with Gasteiger partial charge in [-0.15, -0.1) is 0 Å². The number of thioether (sulfide) groups is 1. The monoisotopic (exact) mass is 303 g/mol. The molecule has 0 unspecified atom stereocenters. The Kier molecular flexibility index (Phi) is 6.02. The Morgan fingerprint density at radius 1 is 1.29 bits per heavy atom. The third-order valence-corrected chi connectivity index (χ3v) is 3.88. The number of aromatic nitrogens is 1. The quantitative estimate of drug-likeness (QED) is 0.578. The van der Waals surface area contributed by atoms with Crippen LogP contribution >= 0.6 is 11.8 Å². The van der Waals surface area contributed by atoms with Crippen molar-refractivity contribution in [1.29, 1.82) is 0 Å². The van der Waals surface area contributed by atoms with Crippen molar-refractivity contribution in [2.24, 2.45) is 0 Å². The first-order chi connectivity index (χ1) is 10.3. The van der Waals surface area contributed by atoms with Crippen LogP contribution in [0.5, 0.6) is 0 Å². The highest BCUT2D eigenvalue weighted by Gasteiger charge is 2.06. The van der Waals surface area contributed by atoms with E-state index in [1.807, 2.05) is 30.3 Å². The number of nitrogens with one attached hydrogen (secondary N) is 2. The van der Waals surface area contributed by atoms with Crippen molar-refractivity contribution in [3.63, 3.8) is 0 Å². The molecule has 1 aromatic carbocycles. The lowest BCUT2D eigenvalue weighted by Crippen LogP contribution is -2.16. The Morgan fingerprint density at radius 3 is 3.00 bits per heavy atom. The lowest BCUT2D eigenvalue weighted by molar-refractivity contribution is -0.114. The van der Waals surface area contributed by atoms with E-state index in [0.717, 1.165) is 28.8 Å². The van der Waals surface area contributed by atoms with Gasteiger partial charge in [-0.2, -0.15) is 11.8 Å². The number of hydrogen-bond acceptors (Lipinski definition) is 4. The molecule has 0 aliphatic carbocycles. The zero-order chi connectivity index (χ0) is 14.9. The highest BCUT2D eigenvalue weighted by Crippen LogP contribution is 2.20. The van der Waals surface area contributed by atoms with Crippen molar-refractivity contribution in [1.82, 2.24) is 10.3 Å². The van der Waals surface area contributed by atoms with E-state index in [4.69, 9.17) is 0 Å². The molecule has 0 fully saturated rings. The van der Waals surface area contributed by atoms with Gasteiger partial charge in [-0.3, -0.25) is 14.6 Å². The van der Waals surface area contributed by atoms with E-state index in [1.54, 1.807) is 18.0 Å². The van der Waals surface area contributed by atoms with Crippen LogP contribution in [0.4, 0.5) is 5.69 Å². The Hall–Kier alpha value is -2.08. The molecule has 0 radical (unpaired) electrons. The number of nitrogens with zero attached hydrogens (tertiary/aromatic N) is 1. The van der Waals surface area contributed by atoms with Crippen molar-refractivity contribution in [2.45, 2.75) is 6.42 Å². The van der Waals surface area contributed by atoms with Gasteiger partial charge in [0.15, 0.2) is 0 Å². The van der Waals surface area contributed by atoms with Gasteiger partial charge in [-0.25, -0.2) is 0 Å². The number of hydrogen-bond donors (Lipinski definition) is 2. The van der Waals surface area contributed by atoms with Crippen LogP contribution in [0.3, 0.4) is 0 Å². The van der Waals surface area contributed by atoms with Crippen LogP contribution in [0.2, 0.25) is 0 Å². The van der Waals surface area contributed by atoms with Crippen LogP contribution in [-0.2, 0) is 9.59 Å². The van der Waals surface area contributed by atoms with Crippen LogP contribution in [-0.4, -0.2) is 35.4 Å². The Balaban J connectivity index is 1.83. The number of anilines is 1. The molecule has 0 aliphatic heterocycles. The Bertz CT molecular complexity index is 613. The molecule has 21 heavy (non-hydrogen) atoms. The molecule has 0 atom stereocenters. The second kappa shape index (κ2) is 8.26. The number of carbonyl (C=O) groups excluding carboxylic acids is 2. The fourth-order valence-corrected chi connectivity index (χ4v) is 2.64. The first-order valence-electron chi connectivity index (χ1n) is 6.69. The molecule has 0 aliphatic rings. The molecule has 2 N–H and O–H groups in total. The van der Waals surface area contributed by atoms with Crippen molar-refractivity contribution in [3.8, 4) is 0 Å². The fourth-order valence-electron chi connectivity index (χ4n) is 1.89. The number of pyridine rings is 1. The average molecular weight is 303 g/mol. The molecule has 2 aromatic rings. The molecule has 1 heterocycles. The van der Waals surface area contributed by atoms with E-state index in [0.29, 0.717) is 18.7 Å². The molecule has 2 amide bonds. The van der Waals surface area contributed by atoms with Gasteiger partial charge in [0.1, 0.15) is 0 Å². The minimum atomic E-state index is -0.0403. The number of rotatable bonds is 8. The highest BCUT2D eigenvalue weighted by atomic mass is 32.2. The predicted octanol–water partition coefficient (Wildman–Crippen LogP) is 2.04. The summed E-state index contributed by atoms with van der Waals surface area (Å²) in [6.07, 6.45) is 3.25. The largest absolute Gasteiger partial charge is 0.359 e. The lowest BCUT2D eigenvalue weighted by Gasteiger charge is -2.07. The molecule has 0 bridgehead atoms. The van der Waals surface area contributed by atoms with Gasteiger partial charge in [-0.05, 0) is 24.3 Å². The molecular weight excluding hydrogens is 286 g/mol. The SMILES string of the molecule is O=CNCCCSCC(=O)Nc1cccc2cccnc12. The molecule has 1 aromatic heterocycles. The summed E-state index contributed by atoms with van der Waals surface area (Å²) < 4.78 is 0. The van der Waals surface area contributed by atoms with Gasteiger partial charge < -0.3 is 10.6 Å². The predicted molar refractivity (Wildman–Crippen MR) is 86.4 cm³/mol. The summed E-state index contributed by atoms with van der Waals surface area (Å²) in [5.41, 5.74) is 1.54. The van der Waals surface area contributed by atoms with Gasteiger partial charge >= 0.3 is 0 Å². The van der Waals surface area contributed by atoms with E-state index >= 15 is 0 Å². The summed E-state index contributed by atoms with van der Waals surface area (Å²) >= 11 is 1.55. The van der Waals surface area contributed by atoms with E-state index in [1.165, 1.54) is 0 Å². The van der Waals surface area contributed by atoms with Crippen LogP contribution in [0.15, 0.2) is 36.5 Å². The van der Waals surface area contributed by atoms with Gasteiger partial charge in [-0.1, -0.05) is 18.2 Å². The Labute approximate surface area is 127 Å². The van der Waals surface area contributed by atoms with Gasteiger partial charge in [0, 0.05) is 18.1 Å². The average Bonchev–Trinajstić information content (AvgIpc) is 2.51. The normalized spacial score (nSPS) is 10.3. The van der Waals surface area contributed by atoms with Crippen molar-refractivity contribution >= 4 is 40.7 Å². The number of fused-ring (bicyclic) bond motifs is 1. The van der Waals surface area contributed by atoms with Crippen molar-refractivity contribution in [2.75, 3.05) is 23.4 Å². The van der Waals surface area contributed by atoms with Gasteiger partial charge in [0.25, 0.3) is 0 Å². The van der Waals surface area contributed by atoms with Crippen molar-refractivity contribution in [3.05, 3.63) is 36.5 Å². The summed E-state index contributed by atoms with van der Waals surface area (Å²) in [4.78, 5) is 26.3. The van der Waals surface area contributed by atoms with E-state index < -0.39 is 0 Å². The Morgan fingerprint density at radius 2 is 2.14 bits per heavy atom. The number of para-hydroxylation sites is 1. The molecule has 0 saturated carbocycles. The smallest absolute Gasteiger partial charge is 0.234 e.